The van der Waals surface area contributed by atoms with E-state index in [2.05, 4.69) is 12.2 Å². The van der Waals surface area contributed by atoms with E-state index in [0.717, 1.165) is 23.8 Å². The van der Waals surface area contributed by atoms with Gasteiger partial charge in [-0.15, -0.1) is 0 Å². The summed E-state index contributed by atoms with van der Waals surface area (Å²) in [6, 6.07) is 1.48. The second kappa shape index (κ2) is 6.07. The third kappa shape index (κ3) is 3.18. The maximum Gasteiger partial charge on any atom is 0.331 e. The molecule has 1 amide bonds. The van der Waals surface area contributed by atoms with E-state index in [4.69, 9.17) is 0 Å². The van der Waals surface area contributed by atoms with Crippen LogP contribution in [-0.2, 0) is 18.4 Å². The Morgan fingerprint density at radius 2 is 2.05 bits per heavy atom. The fourth-order valence-corrected chi connectivity index (χ4v) is 2.67. The largest absolute Gasteiger partial charge is 0.352 e. The Labute approximate surface area is 117 Å². The molecule has 0 saturated heterocycles. The number of hydrogen-bond donors (Lipinski definition) is 1. The Balaban J connectivity index is 2.03. The normalized spacial score (nSPS) is 22.5. The van der Waals surface area contributed by atoms with Crippen molar-refractivity contribution in [3.63, 3.8) is 0 Å². The van der Waals surface area contributed by atoms with Crippen LogP contribution in [0.25, 0.3) is 0 Å². The first-order valence-electron chi connectivity index (χ1n) is 7.05. The summed E-state index contributed by atoms with van der Waals surface area (Å²) in [7, 11) is 1.41. The fourth-order valence-electron chi connectivity index (χ4n) is 2.67. The summed E-state index contributed by atoms with van der Waals surface area (Å²) in [5, 5.41) is 2.99. The van der Waals surface area contributed by atoms with Gasteiger partial charge in [-0.25, -0.2) is 4.79 Å². The van der Waals surface area contributed by atoms with Crippen LogP contribution in [0.5, 0.6) is 0 Å². The first-order valence-corrected chi connectivity index (χ1v) is 7.05. The maximum atomic E-state index is 12.0. The lowest BCUT2D eigenvalue weighted by molar-refractivity contribution is -0.123. The zero-order valence-electron chi connectivity index (χ0n) is 12.0. The van der Waals surface area contributed by atoms with Gasteiger partial charge in [0.2, 0.25) is 5.91 Å². The van der Waals surface area contributed by atoms with Gasteiger partial charge in [0.05, 0.1) is 0 Å². The average Bonchev–Trinajstić information content (AvgIpc) is 2.42. The smallest absolute Gasteiger partial charge is 0.331 e. The summed E-state index contributed by atoms with van der Waals surface area (Å²) in [5.41, 5.74) is -0.836. The molecule has 0 radical (unpaired) electrons. The minimum Gasteiger partial charge on any atom is -0.352 e. The van der Waals surface area contributed by atoms with Gasteiger partial charge in [-0.05, 0) is 18.8 Å². The van der Waals surface area contributed by atoms with Crippen molar-refractivity contribution in [3.8, 4) is 0 Å². The highest BCUT2D eigenvalue weighted by atomic mass is 16.2. The molecule has 6 heteroatoms. The number of hydrogen-bond acceptors (Lipinski definition) is 3. The van der Waals surface area contributed by atoms with Crippen molar-refractivity contribution in [2.45, 2.75) is 45.2 Å². The topological polar surface area (TPSA) is 73.1 Å². The summed E-state index contributed by atoms with van der Waals surface area (Å²) in [5.74, 6) is 0.300. The summed E-state index contributed by atoms with van der Waals surface area (Å²) in [6.45, 7) is 2.10. The van der Waals surface area contributed by atoms with Gasteiger partial charge in [-0.2, -0.15) is 0 Å². The van der Waals surface area contributed by atoms with Crippen molar-refractivity contribution in [1.82, 2.24) is 14.5 Å². The van der Waals surface area contributed by atoms with Crippen LogP contribution < -0.4 is 16.6 Å². The number of carbonyl (C=O) groups excluding carboxylic acids is 1. The third-order valence-electron chi connectivity index (χ3n) is 4.03. The summed E-state index contributed by atoms with van der Waals surface area (Å²) >= 11 is 0. The van der Waals surface area contributed by atoms with Gasteiger partial charge < -0.3 is 5.32 Å². The molecule has 2 rings (SSSR count). The molecule has 2 atom stereocenters. The van der Waals surface area contributed by atoms with Crippen LogP contribution in [0.4, 0.5) is 0 Å². The highest BCUT2D eigenvalue weighted by Crippen LogP contribution is 2.23. The predicted molar refractivity (Wildman–Crippen MR) is 75.5 cm³/mol. The Kier molecular flexibility index (Phi) is 4.42. The molecule has 0 unspecified atom stereocenters. The van der Waals surface area contributed by atoms with Crippen molar-refractivity contribution in [2.75, 3.05) is 0 Å². The van der Waals surface area contributed by atoms with E-state index in [1.807, 2.05) is 0 Å². The molecule has 0 spiro atoms. The lowest BCUT2D eigenvalue weighted by Crippen LogP contribution is -2.45. The van der Waals surface area contributed by atoms with Crippen LogP contribution in [0.15, 0.2) is 21.9 Å². The molecule has 0 aliphatic heterocycles. The zero-order chi connectivity index (χ0) is 14.7. The van der Waals surface area contributed by atoms with Crippen LogP contribution in [0.1, 0.15) is 32.6 Å². The second-order valence-electron chi connectivity index (χ2n) is 5.56. The van der Waals surface area contributed by atoms with Crippen LogP contribution in [0.2, 0.25) is 0 Å². The van der Waals surface area contributed by atoms with Crippen LogP contribution >= 0.6 is 0 Å². The van der Waals surface area contributed by atoms with E-state index in [1.165, 1.54) is 30.3 Å². The molecule has 1 heterocycles. The average molecular weight is 279 g/mol. The summed E-state index contributed by atoms with van der Waals surface area (Å²) < 4.78 is 2.25. The molecule has 1 aliphatic carbocycles. The Bertz CT molecular complexity index is 602. The summed E-state index contributed by atoms with van der Waals surface area (Å²) in [6.07, 6.45) is 5.84. The number of rotatable bonds is 3. The molecule has 0 aromatic carbocycles. The molecular formula is C14H21N3O3. The highest BCUT2D eigenvalue weighted by molar-refractivity contribution is 5.76. The first kappa shape index (κ1) is 14.6. The molecular weight excluding hydrogens is 258 g/mol. The quantitative estimate of drug-likeness (QED) is 0.861. The standard InChI is InChI=1S/C14H21N3O3/c1-10-5-3-4-6-11(10)15-12(18)9-17-8-7-13(19)16(2)14(17)20/h7-8,10-11H,3-6,9H2,1-2H3,(H,15,18)/t10-,11+/m0/s1. The highest BCUT2D eigenvalue weighted by Gasteiger charge is 2.22. The van der Waals surface area contributed by atoms with Gasteiger partial charge in [0, 0.05) is 25.4 Å². The number of nitrogens with one attached hydrogen (secondary N) is 1. The first-order chi connectivity index (χ1) is 9.49. The Morgan fingerprint density at radius 3 is 2.75 bits per heavy atom. The molecule has 20 heavy (non-hydrogen) atoms. The van der Waals surface area contributed by atoms with Crippen molar-refractivity contribution < 1.29 is 4.79 Å². The van der Waals surface area contributed by atoms with Crippen LogP contribution in [0.3, 0.4) is 0 Å². The molecule has 110 valence electrons. The predicted octanol–water partition coefficient (Wildman–Crippen LogP) is 0.242. The molecule has 1 saturated carbocycles. The molecule has 1 fully saturated rings. The van der Waals surface area contributed by atoms with E-state index >= 15 is 0 Å². The van der Waals surface area contributed by atoms with E-state index < -0.39 is 5.69 Å². The Hall–Kier alpha value is -1.85. The molecule has 1 aromatic heterocycles. The zero-order valence-corrected chi connectivity index (χ0v) is 12.0. The molecule has 1 N–H and O–H groups in total. The van der Waals surface area contributed by atoms with Gasteiger partial charge in [0.1, 0.15) is 6.54 Å². The fraction of sp³-hybridized carbons (Fsp3) is 0.643. The van der Waals surface area contributed by atoms with E-state index in [0.29, 0.717) is 5.92 Å². The minimum atomic E-state index is -0.468. The number of carbonyl (C=O) groups is 1. The lowest BCUT2D eigenvalue weighted by atomic mass is 9.86. The lowest BCUT2D eigenvalue weighted by Gasteiger charge is -2.29. The maximum absolute atomic E-state index is 12.0. The van der Waals surface area contributed by atoms with E-state index in [1.54, 1.807) is 0 Å². The van der Waals surface area contributed by atoms with Gasteiger partial charge in [0.15, 0.2) is 0 Å². The third-order valence-corrected chi connectivity index (χ3v) is 4.03. The van der Waals surface area contributed by atoms with Crippen molar-refractivity contribution >= 4 is 5.91 Å². The van der Waals surface area contributed by atoms with Gasteiger partial charge >= 0.3 is 5.69 Å². The number of amides is 1. The van der Waals surface area contributed by atoms with Gasteiger partial charge in [0.25, 0.3) is 5.56 Å². The van der Waals surface area contributed by atoms with E-state index in [-0.39, 0.29) is 24.1 Å². The van der Waals surface area contributed by atoms with Crippen LogP contribution in [0, 0.1) is 5.92 Å². The number of nitrogens with zero attached hydrogens (tertiary/aromatic N) is 2. The second-order valence-corrected chi connectivity index (χ2v) is 5.56. The van der Waals surface area contributed by atoms with Crippen LogP contribution in [-0.4, -0.2) is 21.1 Å². The molecule has 1 aromatic rings. The monoisotopic (exact) mass is 279 g/mol. The molecule has 1 aliphatic rings. The molecule has 0 bridgehead atoms. The Morgan fingerprint density at radius 1 is 1.35 bits per heavy atom. The van der Waals surface area contributed by atoms with E-state index in [9.17, 15) is 14.4 Å². The van der Waals surface area contributed by atoms with Crippen molar-refractivity contribution in [2.24, 2.45) is 13.0 Å². The van der Waals surface area contributed by atoms with Crippen molar-refractivity contribution in [3.05, 3.63) is 33.1 Å². The van der Waals surface area contributed by atoms with Gasteiger partial charge in [-0.1, -0.05) is 19.8 Å². The van der Waals surface area contributed by atoms with Gasteiger partial charge in [-0.3, -0.25) is 18.7 Å². The number of aromatic nitrogens is 2. The van der Waals surface area contributed by atoms with Crippen molar-refractivity contribution in [1.29, 1.82) is 0 Å². The molecule has 6 nitrogen and oxygen atoms in total. The summed E-state index contributed by atoms with van der Waals surface area (Å²) in [4.78, 5) is 35.1. The SMILES string of the molecule is C[C@H]1CCCC[C@H]1NC(=O)Cn1ccc(=O)n(C)c1=O. The minimum absolute atomic E-state index is 0.0455.